The highest BCUT2D eigenvalue weighted by Crippen LogP contribution is 2.15. The van der Waals surface area contributed by atoms with Gasteiger partial charge < -0.3 is 14.2 Å². The normalized spacial score (nSPS) is 11.3. The van der Waals surface area contributed by atoms with Crippen LogP contribution in [-0.2, 0) is 28.6 Å². The van der Waals surface area contributed by atoms with Crippen LogP contribution in [0.1, 0.15) is 245 Å². The Labute approximate surface area is 310 Å². The van der Waals surface area contributed by atoms with Crippen molar-refractivity contribution in [2.75, 3.05) is 13.2 Å². The summed E-state index contributed by atoms with van der Waals surface area (Å²) >= 11 is 0. The Morgan fingerprint density at radius 3 is 0.800 bits per heavy atom. The molecule has 0 aliphatic rings. The predicted octanol–water partition coefficient (Wildman–Crippen LogP) is 13.7. The summed E-state index contributed by atoms with van der Waals surface area (Å²) in [7, 11) is 0. The van der Waals surface area contributed by atoms with E-state index < -0.39 is 6.10 Å². The number of hydrogen-bond acceptors (Lipinski definition) is 6. The molecule has 0 aliphatic heterocycles. The van der Waals surface area contributed by atoms with Crippen molar-refractivity contribution in [3.05, 3.63) is 0 Å². The van der Waals surface area contributed by atoms with Gasteiger partial charge in [0.25, 0.3) is 0 Å². The van der Waals surface area contributed by atoms with Gasteiger partial charge in [0.2, 0.25) is 0 Å². The van der Waals surface area contributed by atoms with Crippen LogP contribution in [0.5, 0.6) is 0 Å². The van der Waals surface area contributed by atoms with E-state index in [0.717, 1.165) is 57.8 Å². The second kappa shape index (κ2) is 40.2. The van der Waals surface area contributed by atoms with Gasteiger partial charge in [-0.3, -0.25) is 14.4 Å². The maximum absolute atomic E-state index is 12.5. The number of ether oxygens (including phenoxy) is 3. The number of rotatable bonds is 40. The first-order chi connectivity index (χ1) is 24.5. The molecule has 0 fully saturated rings. The number of carbonyl (C=O) groups excluding carboxylic acids is 3. The molecule has 0 saturated carbocycles. The summed E-state index contributed by atoms with van der Waals surface area (Å²) in [6.07, 6.45) is 39.6. The molecule has 0 heterocycles. The molecule has 0 atom stereocenters. The highest BCUT2D eigenvalue weighted by atomic mass is 16.7. The van der Waals surface area contributed by atoms with Crippen molar-refractivity contribution in [2.24, 2.45) is 0 Å². The smallest absolute Gasteiger partial charge is 0.306 e. The van der Waals surface area contributed by atoms with Crippen molar-refractivity contribution in [2.45, 2.75) is 252 Å². The van der Waals surface area contributed by atoms with Crippen LogP contribution in [0, 0.1) is 0 Å². The van der Waals surface area contributed by atoms with Crippen LogP contribution in [0.15, 0.2) is 0 Å². The van der Waals surface area contributed by atoms with Gasteiger partial charge in [-0.15, -0.1) is 0 Å². The molecule has 0 spiro atoms. The second-order valence-electron chi connectivity index (χ2n) is 15.0. The van der Waals surface area contributed by atoms with Gasteiger partial charge in [-0.1, -0.05) is 207 Å². The van der Waals surface area contributed by atoms with Gasteiger partial charge in [0.05, 0.1) is 0 Å². The van der Waals surface area contributed by atoms with E-state index in [1.807, 2.05) is 0 Å². The van der Waals surface area contributed by atoms with Gasteiger partial charge >= 0.3 is 17.9 Å². The number of unbranched alkanes of at least 4 members (excludes halogenated alkanes) is 29. The minimum Gasteiger partial charge on any atom is -0.462 e. The Balaban J connectivity index is 4.20. The van der Waals surface area contributed by atoms with Crippen LogP contribution in [0.3, 0.4) is 0 Å². The Hall–Kier alpha value is -1.59. The van der Waals surface area contributed by atoms with Crippen molar-refractivity contribution < 1.29 is 28.6 Å². The van der Waals surface area contributed by atoms with Crippen molar-refractivity contribution in [3.63, 3.8) is 0 Å². The molecule has 0 aromatic rings. The fourth-order valence-corrected chi connectivity index (χ4v) is 6.50. The van der Waals surface area contributed by atoms with E-state index in [-0.39, 0.29) is 31.1 Å². The third-order valence-corrected chi connectivity index (χ3v) is 9.86. The van der Waals surface area contributed by atoms with Gasteiger partial charge in [0, 0.05) is 19.3 Å². The van der Waals surface area contributed by atoms with Crippen molar-refractivity contribution in [3.8, 4) is 0 Å². The molecule has 6 heteroatoms. The summed E-state index contributed by atoms with van der Waals surface area (Å²) in [5, 5.41) is 0. The van der Waals surface area contributed by atoms with Crippen LogP contribution in [0.25, 0.3) is 0 Å². The highest BCUT2D eigenvalue weighted by molar-refractivity contribution is 5.71. The summed E-state index contributed by atoms with van der Waals surface area (Å²) in [5.41, 5.74) is 0. The average Bonchev–Trinajstić information content (AvgIpc) is 3.11. The first-order valence-electron chi connectivity index (χ1n) is 22.0. The number of hydrogen-bond donors (Lipinski definition) is 0. The Morgan fingerprint density at radius 2 is 0.540 bits per heavy atom. The zero-order valence-corrected chi connectivity index (χ0v) is 33.7. The molecule has 296 valence electrons. The lowest BCUT2D eigenvalue weighted by molar-refractivity contribution is -0.167. The molecule has 0 rings (SSSR count). The predicted molar refractivity (Wildman–Crippen MR) is 210 cm³/mol. The average molecular weight is 710 g/mol. The monoisotopic (exact) mass is 710 g/mol. The standard InChI is InChI=1S/C44H84O6/c1-4-7-10-13-16-18-20-22-24-26-28-31-33-36-42(45)48-39-41(50-44(47)38-35-30-15-12-9-6-3)40-49-43(46)37-34-32-29-27-25-23-21-19-17-14-11-8-5-2/h41H,4-40H2,1-3H3/i44+1. The summed E-state index contributed by atoms with van der Waals surface area (Å²) < 4.78 is 16.6. The number of carbonyl (C=O) groups is 3. The highest BCUT2D eigenvalue weighted by Gasteiger charge is 2.19. The van der Waals surface area contributed by atoms with E-state index in [4.69, 9.17) is 14.2 Å². The van der Waals surface area contributed by atoms with Crippen LogP contribution in [0.4, 0.5) is 0 Å². The lowest BCUT2D eigenvalue weighted by atomic mass is 10.0. The topological polar surface area (TPSA) is 78.9 Å². The molecule has 0 radical (unpaired) electrons. The van der Waals surface area contributed by atoms with Crippen LogP contribution < -0.4 is 0 Å². The molecule has 0 unspecified atom stereocenters. The molecule has 6 nitrogen and oxygen atoms in total. The van der Waals surface area contributed by atoms with Gasteiger partial charge in [-0.05, 0) is 19.3 Å². The zero-order valence-electron chi connectivity index (χ0n) is 33.7. The summed E-state index contributed by atoms with van der Waals surface area (Å²) in [6, 6.07) is 0. The Morgan fingerprint density at radius 1 is 0.320 bits per heavy atom. The van der Waals surface area contributed by atoms with Crippen LogP contribution >= 0.6 is 0 Å². The van der Waals surface area contributed by atoms with Gasteiger partial charge in [-0.25, -0.2) is 0 Å². The van der Waals surface area contributed by atoms with Gasteiger partial charge in [0.15, 0.2) is 6.10 Å². The summed E-state index contributed by atoms with van der Waals surface area (Å²) in [5.74, 6) is -0.864. The third-order valence-electron chi connectivity index (χ3n) is 9.86. The maximum atomic E-state index is 12.5. The summed E-state index contributed by atoms with van der Waals surface area (Å²) in [6.45, 7) is 6.59. The lowest BCUT2D eigenvalue weighted by Gasteiger charge is -2.18. The zero-order chi connectivity index (χ0) is 36.6. The molecule has 0 N–H and O–H groups in total. The molecule has 0 aromatic carbocycles. The van der Waals surface area contributed by atoms with Crippen molar-refractivity contribution >= 4 is 17.9 Å². The molecule has 0 bridgehead atoms. The van der Waals surface area contributed by atoms with Gasteiger partial charge in [0.1, 0.15) is 13.2 Å². The van der Waals surface area contributed by atoms with E-state index in [1.54, 1.807) is 0 Å². The molecule has 0 amide bonds. The maximum Gasteiger partial charge on any atom is 0.306 e. The van der Waals surface area contributed by atoms with E-state index in [2.05, 4.69) is 20.8 Å². The molecule has 0 aliphatic carbocycles. The third kappa shape index (κ3) is 37.7. The van der Waals surface area contributed by atoms with E-state index in [0.29, 0.717) is 19.3 Å². The Kier molecular flexibility index (Phi) is 38.9. The van der Waals surface area contributed by atoms with Gasteiger partial charge in [-0.2, -0.15) is 0 Å². The largest absolute Gasteiger partial charge is 0.462 e. The summed E-state index contributed by atoms with van der Waals surface area (Å²) in [4.78, 5) is 37.4. The van der Waals surface area contributed by atoms with Crippen LogP contribution in [-0.4, -0.2) is 37.2 Å². The SMILES string of the molecule is CCCCCCCCCCCCCCCC(=O)OCC(COC(=O)CCCCCCCCCCCCCCC)O[13C](=O)CCCCCCCC. The Bertz CT molecular complexity index is 692. The molecular formula is C44H84O6. The molecular weight excluding hydrogens is 625 g/mol. The molecule has 50 heavy (non-hydrogen) atoms. The minimum absolute atomic E-state index is 0.0640. The fourth-order valence-electron chi connectivity index (χ4n) is 6.50. The van der Waals surface area contributed by atoms with E-state index in [9.17, 15) is 14.4 Å². The van der Waals surface area contributed by atoms with E-state index >= 15 is 0 Å². The quantitative estimate of drug-likeness (QED) is 0.0273. The van der Waals surface area contributed by atoms with Crippen molar-refractivity contribution in [1.82, 2.24) is 0 Å². The minimum atomic E-state index is -0.756. The molecule has 0 saturated heterocycles. The first-order valence-corrected chi connectivity index (χ1v) is 22.0. The fraction of sp³-hybridized carbons (Fsp3) is 0.932. The first kappa shape index (κ1) is 48.4. The van der Waals surface area contributed by atoms with E-state index in [1.165, 1.54) is 148 Å². The molecule has 0 aromatic heterocycles. The number of esters is 3. The van der Waals surface area contributed by atoms with Crippen LogP contribution in [0.2, 0.25) is 0 Å². The lowest BCUT2D eigenvalue weighted by Crippen LogP contribution is -2.30. The second-order valence-corrected chi connectivity index (χ2v) is 15.0. The van der Waals surface area contributed by atoms with Crippen molar-refractivity contribution in [1.29, 1.82) is 0 Å².